The number of likely N-dealkylation sites (tertiary alicyclic amines) is 1. The molecule has 0 N–H and O–H groups in total. The molecular formula is C22H26ClNO. The first-order valence-electron chi connectivity index (χ1n) is 9.09. The van der Waals surface area contributed by atoms with E-state index in [4.69, 9.17) is 16.3 Å². The van der Waals surface area contributed by atoms with Crippen LogP contribution in [-0.2, 0) is 0 Å². The molecule has 0 bridgehead atoms. The molecule has 0 saturated carbocycles. The molecule has 3 rings (SSSR count). The molecule has 1 aliphatic rings. The number of rotatable bonds is 5. The van der Waals surface area contributed by atoms with Crippen molar-refractivity contribution in [1.29, 1.82) is 0 Å². The zero-order valence-electron chi connectivity index (χ0n) is 14.9. The summed E-state index contributed by atoms with van der Waals surface area (Å²) in [5, 5.41) is 0.769. The average Bonchev–Trinajstić information content (AvgIpc) is 2.91. The van der Waals surface area contributed by atoms with Gasteiger partial charge in [0.05, 0.1) is 7.11 Å². The second-order valence-corrected chi connectivity index (χ2v) is 7.00. The minimum Gasteiger partial charge on any atom is -0.497 e. The number of methoxy groups -OCH3 is 1. The van der Waals surface area contributed by atoms with E-state index in [2.05, 4.69) is 35.3 Å². The molecule has 1 heterocycles. The van der Waals surface area contributed by atoms with Crippen LogP contribution in [0.3, 0.4) is 0 Å². The zero-order chi connectivity index (χ0) is 17.5. The topological polar surface area (TPSA) is 12.5 Å². The third-order valence-corrected chi connectivity index (χ3v) is 5.06. The van der Waals surface area contributed by atoms with E-state index >= 15 is 0 Å². The van der Waals surface area contributed by atoms with Crippen molar-refractivity contribution in [2.45, 2.75) is 25.7 Å². The minimum absolute atomic E-state index is 0.769. The molecule has 3 heteroatoms. The molecule has 2 aromatic rings. The number of hydrogen-bond donors (Lipinski definition) is 0. The van der Waals surface area contributed by atoms with E-state index in [0.29, 0.717) is 0 Å². The lowest BCUT2D eigenvalue weighted by molar-refractivity contribution is 0.316. The van der Waals surface area contributed by atoms with Gasteiger partial charge in [-0.25, -0.2) is 0 Å². The highest BCUT2D eigenvalue weighted by Gasteiger charge is 2.07. The van der Waals surface area contributed by atoms with Crippen LogP contribution < -0.4 is 4.74 Å². The molecule has 2 nitrogen and oxygen atoms in total. The summed E-state index contributed by atoms with van der Waals surface area (Å²) < 4.78 is 5.30. The quantitative estimate of drug-likeness (QED) is 0.661. The van der Waals surface area contributed by atoms with Gasteiger partial charge in [0.25, 0.3) is 0 Å². The van der Waals surface area contributed by atoms with Gasteiger partial charge in [0.1, 0.15) is 5.75 Å². The lowest BCUT2D eigenvalue weighted by Crippen LogP contribution is -2.24. The molecule has 25 heavy (non-hydrogen) atoms. The molecule has 0 atom stereocenters. The van der Waals surface area contributed by atoms with Crippen LogP contribution in [0.5, 0.6) is 5.75 Å². The minimum atomic E-state index is 0.769. The Kier molecular flexibility index (Phi) is 6.55. The molecule has 1 saturated heterocycles. The van der Waals surface area contributed by atoms with Gasteiger partial charge in [0.15, 0.2) is 0 Å². The summed E-state index contributed by atoms with van der Waals surface area (Å²) in [6, 6.07) is 14.2. The van der Waals surface area contributed by atoms with Gasteiger partial charge in [-0.3, -0.25) is 4.90 Å². The fourth-order valence-corrected chi connectivity index (χ4v) is 3.61. The second kappa shape index (κ2) is 9.07. The van der Waals surface area contributed by atoms with Crippen molar-refractivity contribution in [3.8, 4) is 16.9 Å². The lowest BCUT2D eigenvalue weighted by Gasteiger charge is -2.17. The molecule has 0 spiro atoms. The van der Waals surface area contributed by atoms with E-state index < -0.39 is 0 Å². The summed E-state index contributed by atoms with van der Waals surface area (Å²) in [5.41, 5.74) is 3.25. The van der Waals surface area contributed by atoms with E-state index in [1.807, 2.05) is 24.3 Å². The number of ether oxygens (including phenoxy) is 1. The third-order valence-electron chi connectivity index (χ3n) is 4.75. The van der Waals surface area contributed by atoms with Gasteiger partial charge in [-0.2, -0.15) is 0 Å². The van der Waals surface area contributed by atoms with Crippen molar-refractivity contribution in [1.82, 2.24) is 4.90 Å². The summed E-state index contributed by atoms with van der Waals surface area (Å²) in [6.07, 6.45) is 9.83. The summed E-state index contributed by atoms with van der Waals surface area (Å²) in [7, 11) is 1.68. The Labute approximate surface area is 156 Å². The number of benzene rings is 2. The van der Waals surface area contributed by atoms with Crippen molar-refractivity contribution < 1.29 is 4.74 Å². The summed E-state index contributed by atoms with van der Waals surface area (Å²) in [5.74, 6) is 0.843. The fourth-order valence-electron chi connectivity index (χ4n) is 3.32. The average molecular weight is 356 g/mol. The number of nitrogens with zero attached hydrogens (tertiary/aromatic N) is 1. The third kappa shape index (κ3) is 5.10. The van der Waals surface area contributed by atoms with Crippen LogP contribution in [-0.4, -0.2) is 31.6 Å². The smallest absolute Gasteiger partial charge is 0.119 e. The number of hydrogen-bond acceptors (Lipinski definition) is 2. The first-order valence-corrected chi connectivity index (χ1v) is 9.47. The largest absolute Gasteiger partial charge is 0.497 e. The van der Waals surface area contributed by atoms with E-state index in [-0.39, 0.29) is 0 Å². The second-order valence-electron chi connectivity index (χ2n) is 6.59. The zero-order valence-corrected chi connectivity index (χ0v) is 15.6. The van der Waals surface area contributed by atoms with Crippen LogP contribution in [0.25, 0.3) is 17.2 Å². The first kappa shape index (κ1) is 18.0. The fraction of sp³-hybridized carbons (Fsp3) is 0.364. The van der Waals surface area contributed by atoms with Gasteiger partial charge >= 0.3 is 0 Å². The highest BCUT2D eigenvalue weighted by atomic mass is 35.5. The maximum Gasteiger partial charge on any atom is 0.119 e. The van der Waals surface area contributed by atoms with Crippen LogP contribution in [0.2, 0.25) is 5.02 Å². The lowest BCUT2D eigenvalue weighted by atomic mass is 10.0. The van der Waals surface area contributed by atoms with Gasteiger partial charge in [-0.15, -0.1) is 0 Å². The van der Waals surface area contributed by atoms with Crippen LogP contribution in [0.4, 0.5) is 0 Å². The Morgan fingerprint density at radius 3 is 2.56 bits per heavy atom. The van der Waals surface area contributed by atoms with Gasteiger partial charge < -0.3 is 4.74 Å². The van der Waals surface area contributed by atoms with E-state index in [9.17, 15) is 0 Å². The van der Waals surface area contributed by atoms with Crippen molar-refractivity contribution in [3.63, 3.8) is 0 Å². The predicted molar refractivity (Wildman–Crippen MR) is 107 cm³/mol. The van der Waals surface area contributed by atoms with E-state index in [1.54, 1.807) is 7.11 Å². The standard InChI is InChI=1S/C22H26ClNO/c1-25-20-10-6-9-19(17-20)21-12-11-18(16-22(21)23)8-7-15-24-13-4-2-3-5-14-24/h6-12,16-17H,2-5,13-15H2,1H3. The Balaban J connectivity index is 1.67. The summed E-state index contributed by atoms with van der Waals surface area (Å²) >= 11 is 6.52. The normalized spacial score (nSPS) is 16.1. The molecule has 0 amide bonds. The molecular weight excluding hydrogens is 330 g/mol. The van der Waals surface area contributed by atoms with Gasteiger partial charge in [-0.05, 0) is 55.3 Å². The first-order chi connectivity index (χ1) is 12.3. The number of halogens is 1. The van der Waals surface area contributed by atoms with Crippen LogP contribution in [0, 0.1) is 0 Å². The van der Waals surface area contributed by atoms with Crippen molar-refractivity contribution in [3.05, 3.63) is 59.1 Å². The van der Waals surface area contributed by atoms with Gasteiger partial charge in [-0.1, -0.05) is 60.9 Å². The molecule has 1 aliphatic heterocycles. The SMILES string of the molecule is COc1cccc(-c2ccc(C=CCN3CCCCCC3)cc2Cl)c1. The Bertz CT molecular complexity index is 718. The Morgan fingerprint density at radius 1 is 1.04 bits per heavy atom. The molecule has 1 fully saturated rings. The summed E-state index contributed by atoms with van der Waals surface area (Å²) in [4.78, 5) is 2.54. The predicted octanol–water partition coefficient (Wildman–Crippen LogP) is 5.90. The molecule has 0 unspecified atom stereocenters. The molecule has 0 radical (unpaired) electrons. The van der Waals surface area contributed by atoms with Crippen molar-refractivity contribution in [2.75, 3.05) is 26.7 Å². The maximum atomic E-state index is 6.52. The van der Waals surface area contributed by atoms with Crippen LogP contribution in [0.1, 0.15) is 31.2 Å². The van der Waals surface area contributed by atoms with Crippen LogP contribution >= 0.6 is 11.6 Å². The van der Waals surface area contributed by atoms with Crippen molar-refractivity contribution >= 4 is 17.7 Å². The Morgan fingerprint density at radius 2 is 1.84 bits per heavy atom. The Hall–Kier alpha value is -1.77. The highest BCUT2D eigenvalue weighted by Crippen LogP contribution is 2.31. The highest BCUT2D eigenvalue weighted by molar-refractivity contribution is 6.33. The van der Waals surface area contributed by atoms with Gasteiger partial charge in [0.2, 0.25) is 0 Å². The molecule has 0 aliphatic carbocycles. The van der Waals surface area contributed by atoms with Gasteiger partial charge in [0, 0.05) is 17.1 Å². The van der Waals surface area contributed by atoms with Crippen LogP contribution in [0.15, 0.2) is 48.5 Å². The molecule has 0 aromatic heterocycles. The van der Waals surface area contributed by atoms with E-state index in [1.165, 1.54) is 38.8 Å². The monoisotopic (exact) mass is 355 g/mol. The van der Waals surface area contributed by atoms with Crippen molar-refractivity contribution in [2.24, 2.45) is 0 Å². The maximum absolute atomic E-state index is 6.52. The molecule has 132 valence electrons. The van der Waals surface area contributed by atoms with E-state index in [0.717, 1.165) is 34.0 Å². The summed E-state index contributed by atoms with van der Waals surface area (Å²) in [6.45, 7) is 3.47. The molecule has 2 aromatic carbocycles.